The van der Waals surface area contributed by atoms with Crippen LogP contribution in [0.1, 0.15) is 6.92 Å². The van der Waals surface area contributed by atoms with Crippen molar-refractivity contribution in [3.05, 3.63) is 0 Å². The average Bonchev–Trinajstić information content (AvgIpc) is 2.83. The summed E-state index contributed by atoms with van der Waals surface area (Å²) in [6.07, 6.45) is 0. The van der Waals surface area contributed by atoms with Crippen LogP contribution in [0.2, 0.25) is 0 Å². The van der Waals surface area contributed by atoms with E-state index in [0.717, 1.165) is 6.54 Å². The molecule has 6 nitrogen and oxygen atoms in total. The lowest BCUT2D eigenvalue weighted by molar-refractivity contribution is -0.150. The molecule has 0 bridgehead atoms. The first-order valence-corrected chi connectivity index (χ1v) is 6.77. The lowest BCUT2D eigenvalue weighted by atomic mass is 9.99. The molecule has 0 spiro atoms. The number of hydrogen-bond donors (Lipinski definition) is 1. The third-order valence-electron chi connectivity index (χ3n) is 3.10. The Morgan fingerprint density at radius 1 is 1.05 bits per heavy atom. The molecule has 1 aliphatic heterocycles. The van der Waals surface area contributed by atoms with Gasteiger partial charge in [-0.3, -0.25) is 4.79 Å². The molecule has 0 aromatic carbocycles. The molecule has 1 saturated heterocycles. The number of esters is 1. The van der Waals surface area contributed by atoms with Gasteiger partial charge in [0.25, 0.3) is 0 Å². The van der Waals surface area contributed by atoms with E-state index in [-0.39, 0.29) is 11.9 Å². The number of methoxy groups -OCH3 is 1. The molecular weight excluding hydrogens is 250 g/mol. The molecule has 0 radical (unpaired) electrons. The highest BCUT2D eigenvalue weighted by Crippen LogP contribution is 2.16. The molecule has 1 heterocycles. The van der Waals surface area contributed by atoms with Crippen molar-refractivity contribution in [2.24, 2.45) is 11.8 Å². The highest BCUT2D eigenvalue weighted by molar-refractivity contribution is 5.73. The van der Waals surface area contributed by atoms with E-state index < -0.39 is 0 Å². The summed E-state index contributed by atoms with van der Waals surface area (Å²) in [7, 11) is 1.63. The van der Waals surface area contributed by atoms with Crippen LogP contribution in [0.5, 0.6) is 0 Å². The van der Waals surface area contributed by atoms with Gasteiger partial charge in [-0.25, -0.2) is 0 Å². The van der Waals surface area contributed by atoms with Crippen LogP contribution < -0.4 is 5.32 Å². The summed E-state index contributed by atoms with van der Waals surface area (Å²) in [5.41, 5.74) is 0. The fourth-order valence-electron chi connectivity index (χ4n) is 1.90. The fourth-order valence-corrected chi connectivity index (χ4v) is 1.90. The molecule has 19 heavy (non-hydrogen) atoms. The van der Waals surface area contributed by atoms with Crippen molar-refractivity contribution in [1.82, 2.24) is 5.32 Å². The van der Waals surface area contributed by atoms with Gasteiger partial charge in [0, 0.05) is 13.7 Å². The standard InChI is InChI=1S/C13H25NO5/c1-11-9-14-10-12(11)13(15)19-8-7-18-6-5-17-4-3-16-2/h11-12,14H,3-10H2,1-2H3. The summed E-state index contributed by atoms with van der Waals surface area (Å²) in [6.45, 7) is 6.56. The molecule has 0 aromatic rings. The van der Waals surface area contributed by atoms with Crippen LogP contribution in [0.4, 0.5) is 0 Å². The number of nitrogens with one attached hydrogen (secondary N) is 1. The Balaban J connectivity index is 1.89. The van der Waals surface area contributed by atoms with E-state index in [1.54, 1.807) is 7.11 Å². The zero-order valence-corrected chi connectivity index (χ0v) is 11.9. The molecule has 0 aliphatic carbocycles. The normalized spacial score (nSPS) is 22.6. The molecule has 0 saturated carbocycles. The first-order chi connectivity index (χ1) is 9.25. The van der Waals surface area contributed by atoms with Crippen LogP contribution >= 0.6 is 0 Å². The summed E-state index contributed by atoms with van der Waals surface area (Å²) in [5.74, 6) is 0.206. The van der Waals surface area contributed by atoms with Gasteiger partial charge in [0.1, 0.15) is 6.61 Å². The predicted octanol–water partition coefficient (Wildman–Crippen LogP) is 0.0647. The lowest BCUT2D eigenvalue weighted by Gasteiger charge is -2.13. The third-order valence-corrected chi connectivity index (χ3v) is 3.10. The minimum Gasteiger partial charge on any atom is -0.463 e. The Morgan fingerprint density at radius 3 is 2.26 bits per heavy atom. The maximum absolute atomic E-state index is 11.7. The largest absolute Gasteiger partial charge is 0.463 e. The molecule has 6 heteroatoms. The van der Waals surface area contributed by atoms with Crippen LogP contribution in [0.15, 0.2) is 0 Å². The molecule has 2 atom stereocenters. The number of rotatable bonds is 10. The van der Waals surface area contributed by atoms with Gasteiger partial charge in [-0.2, -0.15) is 0 Å². The van der Waals surface area contributed by atoms with E-state index in [9.17, 15) is 4.79 Å². The van der Waals surface area contributed by atoms with Gasteiger partial charge in [0.15, 0.2) is 0 Å². The molecule has 112 valence electrons. The third kappa shape index (κ3) is 6.87. The number of carbonyl (C=O) groups is 1. The van der Waals surface area contributed by atoms with Gasteiger partial charge in [0.05, 0.1) is 39.0 Å². The smallest absolute Gasteiger partial charge is 0.310 e. The van der Waals surface area contributed by atoms with Crippen molar-refractivity contribution < 1.29 is 23.7 Å². The van der Waals surface area contributed by atoms with Crippen molar-refractivity contribution in [3.63, 3.8) is 0 Å². The first-order valence-electron chi connectivity index (χ1n) is 6.77. The van der Waals surface area contributed by atoms with E-state index in [4.69, 9.17) is 18.9 Å². The van der Waals surface area contributed by atoms with Gasteiger partial charge in [-0.05, 0) is 12.5 Å². The molecule has 1 N–H and O–H groups in total. The zero-order chi connectivity index (χ0) is 13.9. The zero-order valence-electron chi connectivity index (χ0n) is 11.9. The molecule has 1 aliphatic rings. The highest BCUT2D eigenvalue weighted by atomic mass is 16.6. The number of carbonyl (C=O) groups excluding carboxylic acids is 1. The van der Waals surface area contributed by atoms with Gasteiger partial charge in [-0.15, -0.1) is 0 Å². The van der Waals surface area contributed by atoms with Gasteiger partial charge < -0.3 is 24.3 Å². The monoisotopic (exact) mass is 275 g/mol. The Hall–Kier alpha value is -0.690. The first kappa shape index (κ1) is 16.4. The Kier molecular flexibility index (Phi) is 8.73. The SMILES string of the molecule is COCCOCCOCCOC(=O)C1CNCC1C. The van der Waals surface area contributed by atoms with Gasteiger partial charge in [-0.1, -0.05) is 6.92 Å². The number of hydrogen-bond acceptors (Lipinski definition) is 6. The number of ether oxygens (including phenoxy) is 4. The molecule has 0 amide bonds. The topological polar surface area (TPSA) is 66.0 Å². The second-order valence-corrected chi connectivity index (χ2v) is 4.63. The van der Waals surface area contributed by atoms with Crippen molar-refractivity contribution in [1.29, 1.82) is 0 Å². The van der Waals surface area contributed by atoms with E-state index in [2.05, 4.69) is 12.2 Å². The Morgan fingerprint density at radius 2 is 1.68 bits per heavy atom. The second-order valence-electron chi connectivity index (χ2n) is 4.63. The van der Waals surface area contributed by atoms with Crippen molar-refractivity contribution in [2.45, 2.75) is 6.92 Å². The van der Waals surface area contributed by atoms with Crippen LogP contribution in [-0.4, -0.2) is 65.8 Å². The molecule has 2 unspecified atom stereocenters. The maximum atomic E-state index is 11.7. The van der Waals surface area contributed by atoms with Gasteiger partial charge >= 0.3 is 5.97 Å². The highest BCUT2D eigenvalue weighted by Gasteiger charge is 2.30. The van der Waals surface area contributed by atoms with Crippen LogP contribution in [0.25, 0.3) is 0 Å². The molecular formula is C13H25NO5. The average molecular weight is 275 g/mol. The molecule has 1 rings (SSSR count). The summed E-state index contributed by atoms with van der Waals surface area (Å²) in [6, 6.07) is 0. The van der Waals surface area contributed by atoms with E-state index >= 15 is 0 Å². The second kappa shape index (κ2) is 10.1. The summed E-state index contributed by atoms with van der Waals surface area (Å²) in [4.78, 5) is 11.7. The predicted molar refractivity (Wildman–Crippen MR) is 70.0 cm³/mol. The van der Waals surface area contributed by atoms with Crippen molar-refractivity contribution >= 4 is 5.97 Å². The van der Waals surface area contributed by atoms with Crippen LogP contribution in [0, 0.1) is 11.8 Å². The summed E-state index contributed by atoms with van der Waals surface area (Å²) in [5, 5.41) is 3.18. The summed E-state index contributed by atoms with van der Waals surface area (Å²) >= 11 is 0. The summed E-state index contributed by atoms with van der Waals surface area (Å²) < 4.78 is 20.5. The van der Waals surface area contributed by atoms with Crippen molar-refractivity contribution in [3.8, 4) is 0 Å². The van der Waals surface area contributed by atoms with E-state index in [0.29, 0.717) is 52.1 Å². The molecule has 0 aromatic heterocycles. The maximum Gasteiger partial charge on any atom is 0.310 e. The van der Waals surface area contributed by atoms with E-state index in [1.165, 1.54) is 0 Å². The minimum atomic E-state index is -0.127. The Bertz CT molecular complexity index is 249. The van der Waals surface area contributed by atoms with Crippen LogP contribution in [-0.2, 0) is 23.7 Å². The van der Waals surface area contributed by atoms with Crippen molar-refractivity contribution in [2.75, 3.05) is 59.8 Å². The van der Waals surface area contributed by atoms with Gasteiger partial charge in [0.2, 0.25) is 0 Å². The minimum absolute atomic E-state index is 0.0163. The lowest BCUT2D eigenvalue weighted by Crippen LogP contribution is -2.25. The molecule has 1 fully saturated rings. The Labute approximate surface area is 114 Å². The quantitative estimate of drug-likeness (QED) is 0.449. The fraction of sp³-hybridized carbons (Fsp3) is 0.923. The van der Waals surface area contributed by atoms with Crippen LogP contribution in [0.3, 0.4) is 0 Å². The van der Waals surface area contributed by atoms with E-state index in [1.807, 2.05) is 0 Å².